The predicted octanol–water partition coefficient (Wildman–Crippen LogP) is 2.94. The molecule has 4 atom stereocenters. The van der Waals surface area contributed by atoms with E-state index >= 15 is 0 Å². The Balaban J connectivity index is 1.58. The number of Topliss-reactive ketones (excluding diaryl/α,β-unsaturated/α-hetero) is 1. The number of phenols is 1. The summed E-state index contributed by atoms with van der Waals surface area (Å²) in [6.45, 7) is 0.413. The van der Waals surface area contributed by atoms with Gasteiger partial charge in [-0.3, -0.25) is 4.79 Å². The van der Waals surface area contributed by atoms with Crippen LogP contribution in [0.15, 0.2) is 12.1 Å². The maximum atomic E-state index is 12.7. The van der Waals surface area contributed by atoms with Crippen molar-refractivity contribution < 1.29 is 24.2 Å². The number of carbonyl (C=O) groups is 2. The number of alkyl halides is 2. The molecule has 1 amide bonds. The van der Waals surface area contributed by atoms with Crippen molar-refractivity contribution in [1.29, 1.82) is 0 Å². The molecule has 0 radical (unpaired) electrons. The molecular weight excluding hydrogens is 393 g/mol. The SMILES string of the molecule is O=C1CCC2C3Cc4ccc(O)c5c4C2(CCN3C(=O)OCC(Cl)Cl)C1O5. The van der Waals surface area contributed by atoms with Crippen LogP contribution in [0.5, 0.6) is 11.5 Å². The predicted molar refractivity (Wildman–Crippen MR) is 97.6 cm³/mol. The van der Waals surface area contributed by atoms with E-state index in [4.69, 9.17) is 32.7 Å². The second-order valence-electron chi connectivity index (χ2n) is 7.78. The van der Waals surface area contributed by atoms with Gasteiger partial charge in [-0.15, -0.1) is 23.2 Å². The molecule has 1 saturated heterocycles. The summed E-state index contributed by atoms with van der Waals surface area (Å²) < 4.78 is 11.3. The Morgan fingerprint density at radius 2 is 2.26 bits per heavy atom. The van der Waals surface area contributed by atoms with E-state index in [-0.39, 0.29) is 30.1 Å². The quantitative estimate of drug-likeness (QED) is 0.757. The molecule has 144 valence electrons. The molecule has 8 heteroatoms. The van der Waals surface area contributed by atoms with Crippen LogP contribution in [0.1, 0.15) is 30.4 Å². The van der Waals surface area contributed by atoms with Crippen molar-refractivity contribution in [2.75, 3.05) is 13.2 Å². The minimum atomic E-state index is -0.761. The minimum absolute atomic E-state index is 0.0558. The van der Waals surface area contributed by atoms with Gasteiger partial charge in [-0.05, 0) is 36.8 Å². The van der Waals surface area contributed by atoms with Gasteiger partial charge in [-0.1, -0.05) is 6.07 Å². The first-order chi connectivity index (χ1) is 12.9. The molecular formula is C19H19Cl2NO5. The zero-order valence-electron chi connectivity index (χ0n) is 14.5. The highest BCUT2D eigenvalue weighted by Gasteiger charge is 2.66. The lowest BCUT2D eigenvalue weighted by Crippen LogP contribution is -2.67. The van der Waals surface area contributed by atoms with Crippen molar-refractivity contribution in [2.45, 2.75) is 48.1 Å². The number of piperidine rings is 1. The Bertz CT molecular complexity index is 844. The van der Waals surface area contributed by atoms with Gasteiger partial charge in [0.05, 0.1) is 5.41 Å². The van der Waals surface area contributed by atoms with Crippen LogP contribution in [0.4, 0.5) is 4.79 Å². The Morgan fingerprint density at radius 1 is 1.44 bits per heavy atom. The Kier molecular flexibility index (Phi) is 3.82. The molecule has 1 spiro atoms. The van der Waals surface area contributed by atoms with Gasteiger partial charge in [0.15, 0.2) is 23.4 Å². The normalized spacial score (nSPS) is 32.9. The van der Waals surface area contributed by atoms with E-state index in [9.17, 15) is 14.7 Å². The smallest absolute Gasteiger partial charge is 0.410 e. The van der Waals surface area contributed by atoms with Gasteiger partial charge in [-0.25, -0.2) is 4.79 Å². The lowest BCUT2D eigenvalue weighted by Gasteiger charge is -2.57. The lowest BCUT2D eigenvalue weighted by atomic mass is 9.51. The molecule has 0 aromatic heterocycles. The highest BCUT2D eigenvalue weighted by Crippen LogP contribution is 2.63. The van der Waals surface area contributed by atoms with E-state index < -0.39 is 22.4 Å². The zero-order chi connectivity index (χ0) is 18.9. The minimum Gasteiger partial charge on any atom is -0.504 e. The van der Waals surface area contributed by atoms with Gasteiger partial charge in [0.1, 0.15) is 11.4 Å². The van der Waals surface area contributed by atoms with E-state index in [2.05, 4.69) is 0 Å². The summed E-state index contributed by atoms with van der Waals surface area (Å²) in [5.74, 6) is 0.718. The summed E-state index contributed by atoms with van der Waals surface area (Å²) in [4.78, 5) is 26.3. The third-order valence-electron chi connectivity index (χ3n) is 6.68. The lowest BCUT2D eigenvalue weighted by molar-refractivity contribution is -0.137. The first kappa shape index (κ1) is 17.4. The van der Waals surface area contributed by atoms with Crippen LogP contribution < -0.4 is 4.74 Å². The number of halogens is 2. The van der Waals surface area contributed by atoms with Crippen LogP contribution >= 0.6 is 23.2 Å². The third kappa shape index (κ3) is 2.26. The number of hydrogen-bond donors (Lipinski definition) is 1. The van der Waals surface area contributed by atoms with E-state index in [0.29, 0.717) is 38.0 Å². The molecule has 1 N–H and O–H groups in total. The summed E-state index contributed by atoms with van der Waals surface area (Å²) in [6, 6.07) is 3.42. The van der Waals surface area contributed by atoms with Crippen LogP contribution in [0.25, 0.3) is 0 Å². The van der Waals surface area contributed by atoms with E-state index in [1.807, 2.05) is 6.07 Å². The standard InChI is InChI=1S/C19H19Cl2NO5/c20-14(21)8-26-18(25)22-6-5-19-10-2-4-13(24)17(19)27-16-12(23)3-1-9(15(16)19)7-11(10)22/h1,3,10-11,14,17,23H,2,4-8H2. The van der Waals surface area contributed by atoms with Crippen molar-refractivity contribution in [1.82, 2.24) is 4.90 Å². The summed E-state index contributed by atoms with van der Waals surface area (Å²) >= 11 is 11.4. The van der Waals surface area contributed by atoms with Crippen molar-refractivity contribution >= 4 is 35.1 Å². The van der Waals surface area contributed by atoms with Gasteiger partial charge in [0, 0.05) is 24.6 Å². The molecule has 1 saturated carbocycles. The van der Waals surface area contributed by atoms with E-state index in [0.717, 1.165) is 11.1 Å². The number of aromatic hydroxyl groups is 1. The van der Waals surface area contributed by atoms with Crippen LogP contribution in [-0.2, 0) is 21.4 Å². The molecule has 2 bridgehead atoms. The Morgan fingerprint density at radius 3 is 3.04 bits per heavy atom. The topological polar surface area (TPSA) is 76.1 Å². The largest absolute Gasteiger partial charge is 0.504 e. The first-order valence-corrected chi connectivity index (χ1v) is 10.1. The Hall–Kier alpha value is -1.66. The second-order valence-corrected chi connectivity index (χ2v) is 9.06. The van der Waals surface area contributed by atoms with E-state index in [1.165, 1.54) is 0 Å². The number of benzene rings is 1. The molecule has 2 aliphatic carbocycles. The number of rotatable bonds is 2. The van der Waals surface area contributed by atoms with Crippen LogP contribution in [0.2, 0.25) is 0 Å². The maximum absolute atomic E-state index is 12.7. The molecule has 4 aliphatic rings. The van der Waals surface area contributed by atoms with Crippen LogP contribution in [0, 0.1) is 5.92 Å². The number of amides is 1. The van der Waals surface area contributed by atoms with Crippen molar-refractivity contribution in [3.63, 3.8) is 0 Å². The fourth-order valence-electron chi connectivity index (χ4n) is 5.77. The average molecular weight is 412 g/mol. The monoisotopic (exact) mass is 411 g/mol. The molecule has 2 aliphatic heterocycles. The second kappa shape index (κ2) is 5.92. The number of likely N-dealkylation sites (tertiary alicyclic amines) is 1. The maximum Gasteiger partial charge on any atom is 0.410 e. The molecule has 5 rings (SSSR count). The Labute approximate surface area is 166 Å². The fraction of sp³-hybridized carbons (Fsp3) is 0.579. The van der Waals surface area contributed by atoms with Crippen LogP contribution in [-0.4, -0.2) is 52.0 Å². The summed E-state index contributed by atoms with van der Waals surface area (Å²) in [7, 11) is 0. The molecule has 2 heterocycles. The van der Waals surface area contributed by atoms with Crippen molar-refractivity contribution in [3.05, 3.63) is 23.3 Å². The summed E-state index contributed by atoms with van der Waals surface area (Å²) in [6.07, 6.45) is 1.39. The van der Waals surface area contributed by atoms with Crippen molar-refractivity contribution in [2.24, 2.45) is 5.92 Å². The van der Waals surface area contributed by atoms with Gasteiger partial charge < -0.3 is 19.5 Å². The summed E-state index contributed by atoms with van der Waals surface area (Å²) in [5, 5.41) is 10.3. The highest BCUT2D eigenvalue weighted by molar-refractivity contribution is 6.44. The van der Waals surface area contributed by atoms with Gasteiger partial charge in [0.25, 0.3) is 0 Å². The molecule has 27 heavy (non-hydrogen) atoms. The number of phenolic OH excluding ortho intramolecular Hbond substituents is 1. The highest BCUT2D eigenvalue weighted by atomic mass is 35.5. The molecule has 6 nitrogen and oxygen atoms in total. The van der Waals surface area contributed by atoms with Crippen molar-refractivity contribution in [3.8, 4) is 11.5 Å². The molecule has 1 aromatic rings. The van der Waals surface area contributed by atoms with Gasteiger partial charge in [0.2, 0.25) is 0 Å². The van der Waals surface area contributed by atoms with E-state index in [1.54, 1.807) is 11.0 Å². The average Bonchev–Trinajstić information content (AvgIpc) is 2.98. The van der Waals surface area contributed by atoms with Crippen LogP contribution in [0.3, 0.4) is 0 Å². The third-order valence-corrected chi connectivity index (χ3v) is 6.93. The summed E-state index contributed by atoms with van der Waals surface area (Å²) in [5.41, 5.74) is 1.56. The molecule has 1 aromatic carbocycles. The van der Waals surface area contributed by atoms with Gasteiger partial charge >= 0.3 is 6.09 Å². The molecule has 4 unspecified atom stereocenters. The number of carbonyl (C=O) groups excluding carboxylic acids is 2. The number of hydrogen-bond acceptors (Lipinski definition) is 5. The first-order valence-electron chi connectivity index (χ1n) is 9.19. The molecule has 2 fully saturated rings. The van der Waals surface area contributed by atoms with Gasteiger partial charge in [-0.2, -0.15) is 0 Å². The fourth-order valence-corrected chi connectivity index (χ4v) is 5.90. The number of ether oxygens (including phenoxy) is 2. The zero-order valence-corrected chi connectivity index (χ0v) is 16.0. The number of nitrogens with zero attached hydrogens (tertiary/aromatic N) is 1. The number of ketones is 1.